The van der Waals surface area contributed by atoms with Crippen molar-refractivity contribution in [3.05, 3.63) is 117 Å². The van der Waals surface area contributed by atoms with Gasteiger partial charge in [0, 0.05) is 0 Å². The van der Waals surface area contributed by atoms with Crippen LogP contribution in [-0.2, 0) is 47.7 Å². The van der Waals surface area contributed by atoms with Crippen LogP contribution in [0.2, 0.25) is 0 Å². The standard InChI is InChI=1S/C21H25.C18H25.C8H5F3.2ClH.Zr/c1-20(2,3)16-7-9-18-14(12-16)11-15-13-17(21(4,5)6)8-10-19(15)18;1-12-3-13(2)17(4-12)11-18-8-14-5-15(9-18)7-16(6-14)10-18;1-6-2-4-7(5-3-6)8(9,10)11;;;/h7-10,12H,11H2,1-6H3;4,12,14-16H,5-11H2,1-2H3;1-5H;2*1H;/q2*-1;;;;+2/p-2. The van der Waals surface area contributed by atoms with Gasteiger partial charge in [0.25, 0.3) is 0 Å². The summed E-state index contributed by atoms with van der Waals surface area (Å²) in [4.78, 5) is 0. The molecule has 0 saturated heterocycles. The van der Waals surface area contributed by atoms with E-state index in [0.29, 0.717) is 11.3 Å². The summed E-state index contributed by atoms with van der Waals surface area (Å²) in [5, 5.41) is 0. The smallest absolute Gasteiger partial charge is 1.00 e. The average molecular weight is 839 g/mol. The summed E-state index contributed by atoms with van der Waals surface area (Å²) in [5.41, 5.74) is 12.7. The van der Waals surface area contributed by atoms with Gasteiger partial charge in [0.1, 0.15) is 0 Å². The van der Waals surface area contributed by atoms with Gasteiger partial charge < -0.3 is 24.8 Å². The van der Waals surface area contributed by atoms with Crippen LogP contribution in [0.15, 0.2) is 71.8 Å². The first-order valence-electron chi connectivity index (χ1n) is 19.0. The molecule has 0 heterocycles. The number of fused-ring (bicyclic) bond motifs is 3. The Morgan fingerprint density at radius 1 is 0.774 bits per heavy atom. The molecule has 1 atom stereocenters. The molecule has 6 heteroatoms. The van der Waals surface area contributed by atoms with Gasteiger partial charge >= 0.3 is 82.7 Å². The van der Waals surface area contributed by atoms with Gasteiger partial charge in [-0.3, -0.25) is 6.08 Å². The number of rotatable bonds is 3. The van der Waals surface area contributed by atoms with Crippen molar-refractivity contribution in [2.45, 2.75) is 124 Å². The molecule has 4 bridgehead atoms. The SMILES string of the molecule is CC(C)(C)c1[c-]c2c(cc1)-c1ccc(C(C)(C)C)cc1C2.CC1=[C-]C(C)C=C1CC12CC3CC(CC(C3)C1)C2.FC(F)(F)c1ccc([CH]=[Zr+2])cc1.[Cl-].[Cl-]. The van der Waals surface area contributed by atoms with E-state index >= 15 is 0 Å². The van der Waals surface area contributed by atoms with E-state index in [-0.39, 0.29) is 35.6 Å². The molecular formula is C47H55Cl2F3Zr-2. The van der Waals surface area contributed by atoms with Crippen LogP contribution in [0, 0.1) is 41.2 Å². The van der Waals surface area contributed by atoms with Gasteiger partial charge in [-0.05, 0) is 90.1 Å². The van der Waals surface area contributed by atoms with Crippen LogP contribution in [-0.4, -0.2) is 3.71 Å². The largest absolute Gasteiger partial charge is 1.00 e. The van der Waals surface area contributed by atoms with Gasteiger partial charge in [-0.1, -0.05) is 91.5 Å². The fourth-order valence-corrected chi connectivity index (χ4v) is 10.3. The number of alkyl halides is 3. The summed E-state index contributed by atoms with van der Waals surface area (Å²) in [7, 11) is 0. The van der Waals surface area contributed by atoms with Crippen molar-refractivity contribution < 1.29 is 62.2 Å². The predicted octanol–water partition coefficient (Wildman–Crippen LogP) is 6.98. The third-order valence-electron chi connectivity index (χ3n) is 12.0. The predicted molar refractivity (Wildman–Crippen MR) is 202 cm³/mol. The monoisotopic (exact) mass is 836 g/mol. The first-order valence-corrected chi connectivity index (χ1v) is 20.4. The van der Waals surface area contributed by atoms with Crippen molar-refractivity contribution in [3.8, 4) is 11.1 Å². The Morgan fingerprint density at radius 3 is 1.79 bits per heavy atom. The van der Waals surface area contributed by atoms with Crippen molar-refractivity contribution >= 4 is 3.71 Å². The molecule has 4 fully saturated rings. The molecule has 3 aromatic rings. The number of allylic oxidation sites excluding steroid dienone is 4. The first kappa shape index (κ1) is 44.0. The Hall–Kier alpha value is -1.74. The van der Waals surface area contributed by atoms with Gasteiger partial charge in [-0.25, -0.2) is 5.57 Å². The summed E-state index contributed by atoms with van der Waals surface area (Å²) in [5.74, 6) is 3.82. The second-order valence-corrected chi connectivity index (χ2v) is 19.1. The fourth-order valence-electron chi connectivity index (χ4n) is 9.80. The van der Waals surface area contributed by atoms with Crippen LogP contribution < -0.4 is 24.8 Å². The first-order chi connectivity index (χ1) is 23.8. The van der Waals surface area contributed by atoms with E-state index in [4.69, 9.17) is 0 Å². The molecule has 0 aromatic heterocycles. The minimum atomic E-state index is -4.22. The van der Waals surface area contributed by atoms with Gasteiger partial charge in [0.05, 0.1) is 0 Å². The minimum Gasteiger partial charge on any atom is -1.00 e. The molecule has 53 heavy (non-hydrogen) atoms. The molecule has 0 radical (unpaired) electrons. The number of benzene rings is 3. The summed E-state index contributed by atoms with van der Waals surface area (Å²) in [6.45, 7) is 18.1. The molecule has 9 rings (SSSR count). The Labute approximate surface area is 345 Å². The van der Waals surface area contributed by atoms with Crippen LogP contribution in [0.3, 0.4) is 0 Å². The molecule has 4 saturated carbocycles. The topological polar surface area (TPSA) is 0 Å². The van der Waals surface area contributed by atoms with Gasteiger partial charge in [-0.2, -0.15) is 35.4 Å². The van der Waals surface area contributed by atoms with Crippen molar-refractivity contribution in [2.75, 3.05) is 0 Å². The second kappa shape index (κ2) is 16.8. The maximum absolute atomic E-state index is 12.0. The molecule has 6 aliphatic rings. The third-order valence-corrected chi connectivity index (χ3v) is 12.8. The van der Waals surface area contributed by atoms with Gasteiger partial charge in [-0.15, -0.1) is 11.1 Å². The number of halogens is 5. The van der Waals surface area contributed by atoms with Crippen LogP contribution in [0.5, 0.6) is 0 Å². The minimum absolute atomic E-state index is 0. The van der Waals surface area contributed by atoms with Crippen molar-refractivity contribution in [1.29, 1.82) is 0 Å². The maximum atomic E-state index is 12.0. The molecule has 0 N–H and O–H groups in total. The van der Waals surface area contributed by atoms with Crippen molar-refractivity contribution in [2.24, 2.45) is 29.1 Å². The van der Waals surface area contributed by atoms with Gasteiger partial charge in [0.15, 0.2) is 0 Å². The van der Waals surface area contributed by atoms with E-state index in [9.17, 15) is 13.2 Å². The van der Waals surface area contributed by atoms with Crippen LogP contribution in [0.4, 0.5) is 13.2 Å². The zero-order valence-electron chi connectivity index (χ0n) is 32.7. The molecule has 0 aliphatic heterocycles. The second-order valence-electron chi connectivity index (χ2n) is 18.4. The fraction of sp³-hybridized carbons (Fsp3) is 0.511. The Bertz CT molecular complexity index is 1720. The summed E-state index contributed by atoms with van der Waals surface area (Å²) in [6.07, 6.45) is 13.5. The molecule has 0 amide bonds. The Balaban J connectivity index is 0.000000180. The summed E-state index contributed by atoms with van der Waals surface area (Å²) in [6, 6.07) is 20.3. The molecule has 6 aliphatic carbocycles. The van der Waals surface area contributed by atoms with E-state index in [2.05, 4.69) is 104 Å². The van der Waals surface area contributed by atoms with Crippen molar-refractivity contribution in [1.82, 2.24) is 0 Å². The maximum Gasteiger partial charge on any atom is -1.00 e. The summed E-state index contributed by atoms with van der Waals surface area (Å²) < 4.78 is 37.9. The summed E-state index contributed by atoms with van der Waals surface area (Å²) >= 11 is 1.18. The molecular weight excluding hydrogens is 784 g/mol. The number of hydrogen-bond acceptors (Lipinski definition) is 0. The number of hydrogen-bond donors (Lipinski definition) is 0. The average Bonchev–Trinajstić information content (AvgIpc) is 3.56. The normalized spacial score (nSPS) is 24.9. The zero-order chi connectivity index (χ0) is 36.9. The van der Waals surface area contributed by atoms with E-state index < -0.39 is 11.7 Å². The van der Waals surface area contributed by atoms with Crippen molar-refractivity contribution in [3.63, 3.8) is 0 Å². The van der Waals surface area contributed by atoms with Crippen LogP contribution in [0.25, 0.3) is 11.1 Å². The zero-order valence-corrected chi connectivity index (χ0v) is 36.7. The van der Waals surface area contributed by atoms with E-state index in [0.717, 1.165) is 41.9 Å². The van der Waals surface area contributed by atoms with E-state index in [1.807, 2.05) is 3.71 Å². The molecule has 0 spiro atoms. The molecule has 1 unspecified atom stereocenters. The van der Waals surface area contributed by atoms with E-state index in [1.165, 1.54) is 81.7 Å². The van der Waals surface area contributed by atoms with Crippen LogP contribution >= 0.6 is 0 Å². The molecule has 284 valence electrons. The van der Waals surface area contributed by atoms with E-state index in [1.54, 1.807) is 44.1 Å². The Morgan fingerprint density at radius 2 is 1.32 bits per heavy atom. The quantitative estimate of drug-likeness (QED) is 0.196. The Kier molecular flexibility index (Phi) is 13.9. The molecule has 0 nitrogen and oxygen atoms in total. The van der Waals surface area contributed by atoms with Gasteiger partial charge in [0.2, 0.25) is 0 Å². The molecule has 3 aromatic carbocycles. The van der Waals surface area contributed by atoms with Crippen LogP contribution in [0.1, 0.15) is 134 Å². The third kappa shape index (κ3) is 10.4.